The van der Waals surface area contributed by atoms with Gasteiger partial charge in [0.25, 0.3) is 5.92 Å². The fourth-order valence-corrected chi connectivity index (χ4v) is 2.84. The van der Waals surface area contributed by atoms with E-state index in [0.717, 1.165) is 0 Å². The third-order valence-corrected chi connectivity index (χ3v) is 4.23. The number of nitrogens with one attached hydrogen (secondary N) is 2. The van der Waals surface area contributed by atoms with Crippen molar-refractivity contribution in [1.29, 1.82) is 0 Å². The van der Waals surface area contributed by atoms with E-state index in [2.05, 4.69) is 5.32 Å². The second-order valence-electron chi connectivity index (χ2n) is 4.43. The molecule has 0 unspecified atom stereocenters. The van der Waals surface area contributed by atoms with E-state index in [4.69, 9.17) is 5.73 Å². The number of fused-ring (bicyclic) bond motifs is 1. The van der Waals surface area contributed by atoms with Gasteiger partial charge in [0.15, 0.2) is 0 Å². The predicted molar refractivity (Wildman–Crippen MR) is 68.0 cm³/mol. The molecule has 0 atom stereocenters. The molecule has 0 saturated heterocycles. The Labute approximate surface area is 114 Å². The van der Waals surface area contributed by atoms with Crippen LogP contribution in [0, 0.1) is 0 Å². The number of nitrogens with two attached hydrogens (primary N) is 1. The highest BCUT2D eigenvalue weighted by atomic mass is 32.2. The van der Waals surface area contributed by atoms with Crippen LogP contribution in [0.4, 0.5) is 14.5 Å². The molecule has 0 bridgehead atoms. The summed E-state index contributed by atoms with van der Waals surface area (Å²) in [6.45, 7) is -2.02. The third kappa shape index (κ3) is 3.11. The zero-order valence-corrected chi connectivity index (χ0v) is 11.1. The average Bonchev–Trinajstić information content (AvgIpc) is 2.76. The maximum Gasteiger partial charge on any atom is 0.273 e. The molecule has 1 heterocycles. The Hall–Kier alpha value is -1.58. The fourth-order valence-electron chi connectivity index (χ4n) is 1.73. The number of sulfonamides is 1. The summed E-state index contributed by atoms with van der Waals surface area (Å²) < 4.78 is 51.5. The summed E-state index contributed by atoms with van der Waals surface area (Å²) in [7, 11) is -4.07. The minimum Gasteiger partial charge on any atom is -0.326 e. The van der Waals surface area contributed by atoms with Crippen LogP contribution in [0.15, 0.2) is 23.1 Å². The van der Waals surface area contributed by atoms with Gasteiger partial charge in [-0.05, 0) is 23.8 Å². The number of carbonyl (C=O) groups is 1. The summed E-state index contributed by atoms with van der Waals surface area (Å²) in [5.41, 5.74) is 5.88. The Morgan fingerprint density at radius 3 is 2.75 bits per heavy atom. The minimum atomic E-state index is -4.07. The van der Waals surface area contributed by atoms with E-state index in [0.29, 0.717) is 11.3 Å². The number of anilines is 1. The molecule has 0 aromatic heterocycles. The largest absolute Gasteiger partial charge is 0.326 e. The number of hydrogen-bond donors (Lipinski definition) is 3. The molecule has 20 heavy (non-hydrogen) atoms. The van der Waals surface area contributed by atoms with Crippen molar-refractivity contribution in [2.45, 2.75) is 17.2 Å². The Morgan fingerprint density at radius 2 is 2.10 bits per heavy atom. The number of alkyl halides is 2. The van der Waals surface area contributed by atoms with Gasteiger partial charge in [-0.2, -0.15) is 0 Å². The number of rotatable bonds is 5. The summed E-state index contributed by atoms with van der Waals surface area (Å²) in [6.07, 6.45) is 0.0671. The molecular weight excluding hydrogens is 292 g/mol. The zero-order chi connectivity index (χ0) is 15.0. The second-order valence-corrected chi connectivity index (χ2v) is 6.20. The quantitative estimate of drug-likeness (QED) is 0.715. The van der Waals surface area contributed by atoms with E-state index >= 15 is 0 Å². The first-order valence-corrected chi connectivity index (χ1v) is 7.22. The lowest BCUT2D eigenvalue weighted by Gasteiger charge is -2.15. The van der Waals surface area contributed by atoms with Crippen LogP contribution in [0.3, 0.4) is 0 Å². The number of benzene rings is 1. The van der Waals surface area contributed by atoms with Crippen LogP contribution in [0.25, 0.3) is 0 Å². The molecule has 6 nitrogen and oxygen atoms in total. The molecule has 1 amide bonds. The lowest BCUT2D eigenvalue weighted by atomic mass is 10.2. The first-order valence-electron chi connectivity index (χ1n) is 5.74. The highest BCUT2D eigenvalue weighted by Crippen LogP contribution is 2.25. The van der Waals surface area contributed by atoms with Crippen LogP contribution < -0.4 is 15.8 Å². The lowest BCUT2D eigenvalue weighted by molar-refractivity contribution is -0.115. The molecular formula is C11H13F2N3O3S. The van der Waals surface area contributed by atoms with E-state index in [1.807, 2.05) is 0 Å². The van der Waals surface area contributed by atoms with E-state index in [1.54, 1.807) is 4.72 Å². The highest BCUT2D eigenvalue weighted by molar-refractivity contribution is 7.89. The monoisotopic (exact) mass is 305 g/mol. The van der Waals surface area contributed by atoms with Gasteiger partial charge in [0.2, 0.25) is 15.9 Å². The topological polar surface area (TPSA) is 101 Å². The van der Waals surface area contributed by atoms with Crippen LogP contribution >= 0.6 is 0 Å². The molecule has 0 spiro atoms. The lowest BCUT2D eigenvalue weighted by Crippen LogP contribution is -2.41. The summed E-state index contributed by atoms with van der Waals surface area (Å²) in [5.74, 6) is -3.54. The molecule has 4 N–H and O–H groups in total. The number of halogens is 2. The highest BCUT2D eigenvalue weighted by Gasteiger charge is 2.30. The van der Waals surface area contributed by atoms with Crippen molar-refractivity contribution in [3.05, 3.63) is 23.8 Å². The van der Waals surface area contributed by atoms with Gasteiger partial charge in [-0.1, -0.05) is 0 Å². The summed E-state index contributed by atoms with van der Waals surface area (Å²) in [5, 5.41) is 2.55. The first-order chi connectivity index (χ1) is 9.23. The maximum atomic E-state index is 13.0. The van der Waals surface area contributed by atoms with Crippen LogP contribution in [-0.4, -0.2) is 33.3 Å². The van der Waals surface area contributed by atoms with Gasteiger partial charge >= 0.3 is 0 Å². The van der Waals surface area contributed by atoms with Gasteiger partial charge in [0.05, 0.1) is 24.4 Å². The molecule has 1 aliphatic rings. The number of carbonyl (C=O) groups excluding carboxylic acids is 1. The van der Waals surface area contributed by atoms with Crippen LogP contribution in [0.5, 0.6) is 0 Å². The van der Waals surface area contributed by atoms with Crippen molar-refractivity contribution in [3.8, 4) is 0 Å². The molecule has 1 aromatic carbocycles. The fraction of sp³-hybridized carbons (Fsp3) is 0.364. The molecule has 0 radical (unpaired) electrons. The normalized spacial score (nSPS) is 15.1. The van der Waals surface area contributed by atoms with Crippen LogP contribution in [-0.2, 0) is 21.2 Å². The van der Waals surface area contributed by atoms with Crippen molar-refractivity contribution in [2.75, 3.05) is 18.4 Å². The van der Waals surface area contributed by atoms with Crippen molar-refractivity contribution >= 4 is 21.6 Å². The van der Waals surface area contributed by atoms with Crippen LogP contribution in [0.1, 0.15) is 5.56 Å². The van der Waals surface area contributed by atoms with Gasteiger partial charge in [-0.3, -0.25) is 4.79 Å². The Morgan fingerprint density at radius 1 is 1.40 bits per heavy atom. The molecule has 1 aliphatic heterocycles. The van der Waals surface area contributed by atoms with E-state index in [1.165, 1.54) is 18.2 Å². The smallest absolute Gasteiger partial charge is 0.273 e. The minimum absolute atomic E-state index is 0.0671. The van der Waals surface area contributed by atoms with Crippen molar-refractivity contribution in [3.63, 3.8) is 0 Å². The van der Waals surface area contributed by atoms with E-state index in [-0.39, 0.29) is 17.2 Å². The summed E-state index contributed by atoms with van der Waals surface area (Å²) >= 11 is 0. The van der Waals surface area contributed by atoms with Crippen LogP contribution in [0.2, 0.25) is 0 Å². The van der Waals surface area contributed by atoms with Gasteiger partial charge in [0, 0.05) is 5.69 Å². The van der Waals surface area contributed by atoms with E-state index in [9.17, 15) is 22.0 Å². The molecule has 0 saturated carbocycles. The molecule has 0 aliphatic carbocycles. The number of amides is 1. The van der Waals surface area contributed by atoms with Crippen molar-refractivity contribution in [2.24, 2.45) is 5.73 Å². The van der Waals surface area contributed by atoms with Crippen molar-refractivity contribution < 1.29 is 22.0 Å². The molecule has 1 aromatic rings. The molecule has 9 heteroatoms. The summed E-state index contributed by atoms with van der Waals surface area (Å²) in [4.78, 5) is 11.0. The number of hydrogen-bond acceptors (Lipinski definition) is 4. The first kappa shape index (κ1) is 14.8. The predicted octanol–water partition coefficient (Wildman–Crippen LogP) is 0.0535. The second kappa shape index (κ2) is 5.08. The Balaban J connectivity index is 2.19. The standard InChI is InChI=1S/C11H13F2N3O3S/c12-11(13,5-14)6-15-20(18,19)8-1-2-9-7(3-8)4-10(17)16-9/h1-3,15H,4-6,14H2,(H,16,17). The maximum absolute atomic E-state index is 13.0. The Kier molecular flexibility index (Phi) is 3.76. The van der Waals surface area contributed by atoms with Crippen molar-refractivity contribution in [1.82, 2.24) is 4.72 Å². The third-order valence-electron chi connectivity index (χ3n) is 2.83. The summed E-state index contributed by atoms with van der Waals surface area (Å²) in [6, 6.07) is 3.96. The van der Waals surface area contributed by atoms with Gasteiger partial charge < -0.3 is 11.1 Å². The zero-order valence-electron chi connectivity index (χ0n) is 10.3. The molecule has 110 valence electrons. The van der Waals surface area contributed by atoms with Gasteiger partial charge in [0.1, 0.15) is 0 Å². The molecule has 0 fully saturated rings. The van der Waals surface area contributed by atoms with Gasteiger partial charge in [-0.25, -0.2) is 21.9 Å². The molecule has 2 rings (SSSR count). The average molecular weight is 305 g/mol. The van der Waals surface area contributed by atoms with Gasteiger partial charge in [-0.15, -0.1) is 0 Å². The Bertz CT molecular complexity index is 646. The SMILES string of the molecule is NCC(F)(F)CNS(=O)(=O)c1ccc2c(c1)CC(=O)N2. The van der Waals surface area contributed by atoms with E-state index < -0.39 is 29.0 Å².